The van der Waals surface area contributed by atoms with Gasteiger partial charge in [0.25, 0.3) is 0 Å². The minimum atomic E-state index is 0.511. The molecule has 16 heavy (non-hydrogen) atoms. The van der Waals surface area contributed by atoms with Gasteiger partial charge in [0.15, 0.2) is 6.19 Å². The smallest absolute Gasteiger partial charge is 0.204 e. The normalized spacial score (nSPS) is 10.9. The van der Waals surface area contributed by atoms with E-state index in [2.05, 4.69) is 26.0 Å². The average Bonchev–Trinajstić information content (AvgIpc) is 2.80. The van der Waals surface area contributed by atoms with Crippen LogP contribution in [0.15, 0.2) is 15.9 Å². The van der Waals surface area contributed by atoms with Crippen molar-refractivity contribution in [1.82, 2.24) is 15.6 Å². The second-order valence-corrected chi connectivity index (χ2v) is 4.59. The van der Waals surface area contributed by atoms with Gasteiger partial charge in [0, 0.05) is 30.5 Å². The zero-order valence-corrected chi connectivity index (χ0v) is 10.6. The molecule has 7 heteroatoms. The Kier molecular flexibility index (Phi) is 6.37. The highest BCUT2D eigenvalue weighted by atomic mass is 32.2. The average molecular weight is 255 g/mol. The van der Waals surface area contributed by atoms with Crippen molar-refractivity contribution in [1.29, 1.82) is 5.26 Å². The summed E-state index contributed by atoms with van der Waals surface area (Å²) in [6.45, 7) is 0.774. The number of rotatable bonds is 5. The van der Waals surface area contributed by atoms with E-state index in [4.69, 9.17) is 5.26 Å². The second kappa shape index (κ2) is 7.96. The highest BCUT2D eigenvalue weighted by Gasteiger charge is 1.97. The Hall–Kier alpha value is -1.26. The minimum absolute atomic E-state index is 0.511. The molecule has 0 atom stereocenters. The summed E-state index contributed by atoms with van der Waals surface area (Å²) < 4.78 is 0. The van der Waals surface area contributed by atoms with E-state index in [0.29, 0.717) is 5.96 Å². The lowest BCUT2D eigenvalue weighted by Crippen LogP contribution is -2.35. The molecule has 0 radical (unpaired) electrons. The van der Waals surface area contributed by atoms with Gasteiger partial charge in [0.05, 0.1) is 11.2 Å². The SMILES string of the molecule is CN=C(NC#N)NCCSCc1cscn1. The third-order valence-corrected chi connectivity index (χ3v) is 3.30. The van der Waals surface area contributed by atoms with Gasteiger partial charge in [-0.05, 0) is 0 Å². The fourth-order valence-electron chi connectivity index (χ4n) is 0.959. The molecule has 0 bridgehead atoms. The molecular weight excluding hydrogens is 242 g/mol. The Morgan fingerprint density at radius 2 is 2.62 bits per heavy atom. The maximum absolute atomic E-state index is 8.40. The van der Waals surface area contributed by atoms with E-state index in [1.807, 2.05) is 11.7 Å². The van der Waals surface area contributed by atoms with Gasteiger partial charge < -0.3 is 5.32 Å². The molecule has 5 nitrogen and oxygen atoms in total. The van der Waals surface area contributed by atoms with E-state index in [1.54, 1.807) is 30.1 Å². The number of aromatic nitrogens is 1. The van der Waals surface area contributed by atoms with Gasteiger partial charge in [0.1, 0.15) is 0 Å². The van der Waals surface area contributed by atoms with Crippen LogP contribution in [0.4, 0.5) is 0 Å². The van der Waals surface area contributed by atoms with E-state index >= 15 is 0 Å². The Bertz CT molecular complexity index is 354. The highest BCUT2D eigenvalue weighted by Crippen LogP contribution is 2.10. The van der Waals surface area contributed by atoms with Crippen molar-refractivity contribution in [2.75, 3.05) is 19.3 Å². The molecule has 0 aliphatic rings. The summed E-state index contributed by atoms with van der Waals surface area (Å²) in [6.07, 6.45) is 1.82. The van der Waals surface area contributed by atoms with Crippen LogP contribution in [0.2, 0.25) is 0 Å². The third kappa shape index (κ3) is 5.00. The van der Waals surface area contributed by atoms with Crippen molar-refractivity contribution in [3.8, 4) is 6.19 Å². The van der Waals surface area contributed by atoms with Gasteiger partial charge in [-0.1, -0.05) is 0 Å². The molecule has 0 aromatic carbocycles. The molecule has 1 aromatic rings. The van der Waals surface area contributed by atoms with Crippen LogP contribution in [0.5, 0.6) is 0 Å². The van der Waals surface area contributed by atoms with Crippen LogP contribution in [-0.2, 0) is 5.75 Å². The summed E-state index contributed by atoms with van der Waals surface area (Å²) in [5, 5.41) is 15.9. The van der Waals surface area contributed by atoms with Crippen LogP contribution in [0.25, 0.3) is 0 Å². The molecule has 1 rings (SSSR count). The predicted octanol–water partition coefficient (Wildman–Crippen LogP) is 1.02. The topological polar surface area (TPSA) is 73.1 Å². The number of aliphatic imine (C=N–C) groups is 1. The van der Waals surface area contributed by atoms with Gasteiger partial charge in [-0.3, -0.25) is 10.3 Å². The first kappa shape index (κ1) is 12.8. The standard InChI is InChI=1S/C9H13N5S2/c1-11-9(13-6-10)12-2-3-15-4-8-5-16-7-14-8/h5,7H,2-4H2,1H3,(H2,11,12,13). The van der Waals surface area contributed by atoms with Crippen LogP contribution < -0.4 is 10.6 Å². The number of hydrogen-bond acceptors (Lipinski definition) is 5. The molecule has 0 spiro atoms. The maximum Gasteiger partial charge on any atom is 0.204 e. The summed E-state index contributed by atoms with van der Waals surface area (Å²) >= 11 is 3.41. The van der Waals surface area contributed by atoms with Crippen LogP contribution in [0.3, 0.4) is 0 Å². The van der Waals surface area contributed by atoms with Gasteiger partial charge in [-0.15, -0.1) is 11.3 Å². The number of thiazole rings is 1. The predicted molar refractivity (Wildman–Crippen MR) is 68.4 cm³/mol. The van der Waals surface area contributed by atoms with Crippen LogP contribution in [-0.4, -0.2) is 30.3 Å². The molecule has 0 aliphatic heterocycles. The lowest BCUT2D eigenvalue weighted by molar-refractivity contribution is 0.930. The summed E-state index contributed by atoms with van der Waals surface area (Å²) in [6, 6.07) is 0. The van der Waals surface area contributed by atoms with Crippen LogP contribution in [0, 0.1) is 11.5 Å². The van der Waals surface area contributed by atoms with E-state index < -0.39 is 0 Å². The fraction of sp³-hybridized carbons (Fsp3) is 0.444. The number of nitriles is 1. The zero-order chi connectivity index (χ0) is 11.6. The first-order chi connectivity index (χ1) is 7.86. The number of nitrogens with one attached hydrogen (secondary N) is 2. The molecule has 1 heterocycles. The Balaban J connectivity index is 2.06. The first-order valence-electron chi connectivity index (χ1n) is 4.67. The first-order valence-corrected chi connectivity index (χ1v) is 6.77. The molecule has 0 aliphatic carbocycles. The van der Waals surface area contributed by atoms with Crippen LogP contribution >= 0.6 is 23.1 Å². The van der Waals surface area contributed by atoms with Crippen molar-refractivity contribution in [2.45, 2.75) is 5.75 Å². The quantitative estimate of drug-likeness (QED) is 0.270. The highest BCUT2D eigenvalue weighted by molar-refractivity contribution is 7.98. The van der Waals surface area contributed by atoms with E-state index in [0.717, 1.165) is 23.7 Å². The van der Waals surface area contributed by atoms with Gasteiger partial charge in [-0.2, -0.15) is 17.0 Å². The molecule has 1 aromatic heterocycles. The summed E-state index contributed by atoms with van der Waals surface area (Å²) in [5.74, 6) is 2.39. The molecule has 86 valence electrons. The minimum Gasteiger partial charge on any atom is -0.355 e. The van der Waals surface area contributed by atoms with Crippen LogP contribution in [0.1, 0.15) is 5.69 Å². The molecule has 0 amide bonds. The molecule has 0 fully saturated rings. The Labute approximate surface area is 103 Å². The summed E-state index contributed by atoms with van der Waals surface area (Å²) in [4.78, 5) is 8.07. The third-order valence-electron chi connectivity index (χ3n) is 1.67. The van der Waals surface area contributed by atoms with Crippen molar-refractivity contribution >= 4 is 29.1 Å². The van der Waals surface area contributed by atoms with Gasteiger partial charge >= 0.3 is 0 Å². The molecule has 0 saturated heterocycles. The number of thioether (sulfide) groups is 1. The van der Waals surface area contributed by atoms with Crippen molar-refractivity contribution in [3.05, 3.63) is 16.6 Å². The Morgan fingerprint density at radius 3 is 3.25 bits per heavy atom. The largest absolute Gasteiger partial charge is 0.355 e. The fourth-order valence-corrected chi connectivity index (χ4v) is 2.38. The maximum atomic E-state index is 8.40. The lowest BCUT2D eigenvalue weighted by Gasteiger charge is -2.05. The van der Waals surface area contributed by atoms with E-state index in [1.165, 1.54) is 0 Å². The van der Waals surface area contributed by atoms with Crippen molar-refractivity contribution < 1.29 is 0 Å². The number of guanidine groups is 1. The van der Waals surface area contributed by atoms with Gasteiger partial charge in [0.2, 0.25) is 5.96 Å². The van der Waals surface area contributed by atoms with Crippen molar-refractivity contribution in [2.24, 2.45) is 4.99 Å². The zero-order valence-electron chi connectivity index (χ0n) is 8.93. The summed E-state index contributed by atoms with van der Waals surface area (Å²) in [5.41, 5.74) is 2.96. The van der Waals surface area contributed by atoms with E-state index in [-0.39, 0.29) is 0 Å². The molecule has 2 N–H and O–H groups in total. The van der Waals surface area contributed by atoms with Gasteiger partial charge in [-0.25, -0.2) is 4.98 Å². The number of nitrogens with zero attached hydrogens (tertiary/aromatic N) is 3. The molecule has 0 unspecified atom stereocenters. The monoisotopic (exact) mass is 255 g/mol. The number of hydrogen-bond donors (Lipinski definition) is 2. The molecular formula is C9H13N5S2. The van der Waals surface area contributed by atoms with E-state index in [9.17, 15) is 0 Å². The second-order valence-electron chi connectivity index (χ2n) is 2.77. The molecule has 0 saturated carbocycles. The summed E-state index contributed by atoms with van der Waals surface area (Å²) in [7, 11) is 1.63. The lowest BCUT2D eigenvalue weighted by atomic mass is 10.6. The Morgan fingerprint density at radius 1 is 1.75 bits per heavy atom. The van der Waals surface area contributed by atoms with Crippen molar-refractivity contribution in [3.63, 3.8) is 0 Å².